The number of nitrogens with zero attached hydrogens (tertiary/aromatic N) is 2. The maximum absolute atomic E-state index is 12.2. The lowest BCUT2D eigenvalue weighted by molar-refractivity contribution is 0.102. The van der Waals surface area contributed by atoms with E-state index in [1.165, 1.54) is 17.4 Å². The first-order valence-corrected chi connectivity index (χ1v) is 7.37. The van der Waals surface area contributed by atoms with Gasteiger partial charge in [0.1, 0.15) is 11.0 Å². The maximum Gasteiger partial charge on any atom is 0.257 e. The number of amides is 1. The Kier molecular flexibility index (Phi) is 4.57. The minimum Gasteiger partial charge on any atom is -0.373 e. The van der Waals surface area contributed by atoms with Gasteiger partial charge in [0.25, 0.3) is 5.91 Å². The first-order chi connectivity index (χ1) is 9.49. The Morgan fingerprint density at radius 1 is 1.35 bits per heavy atom. The van der Waals surface area contributed by atoms with Crippen molar-refractivity contribution in [1.29, 1.82) is 0 Å². The molecule has 0 bridgehead atoms. The van der Waals surface area contributed by atoms with Gasteiger partial charge in [0.05, 0.1) is 5.69 Å². The van der Waals surface area contributed by atoms with E-state index in [0.717, 1.165) is 5.69 Å². The fourth-order valence-electron chi connectivity index (χ4n) is 1.53. The van der Waals surface area contributed by atoms with Gasteiger partial charge in [0.2, 0.25) is 0 Å². The lowest BCUT2D eigenvalue weighted by atomic mass is 10.2. The first-order valence-electron chi connectivity index (χ1n) is 6.11. The van der Waals surface area contributed by atoms with E-state index in [2.05, 4.69) is 34.4 Å². The molecule has 2 N–H and O–H groups in total. The number of aromatic nitrogens is 2. The smallest absolute Gasteiger partial charge is 0.257 e. The van der Waals surface area contributed by atoms with Crippen molar-refractivity contribution in [2.24, 2.45) is 0 Å². The predicted octanol–water partition coefficient (Wildman–Crippen LogP) is 3.61. The van der Waals surface area contributed by atoms with Crippen LogP contribution in [0.15, 0.2) is 17.5 Å². The molecule has 0 saturated carbocycles. The summed E-state index contributed by atoms with van der Waals surface area (Å²) in [5.41, 5.74) is 1.41. The summed E-state index contributed by atoms with van der Waals surface area (Å²) in [5.74, 6) is 0.628. The lowest BCUT2D eigenvalue weighted by Gasteiger charge is -2.05. The van der Waals surface area contributed by atoms with Gasteiger partial charge in [0.15, 0.2) is 5.13 Å². The molecule has 0 fully saturated rings. The molecule has 0 radical (unpaired) electrons. The molecule has 0 aliphatic heterocycles. The quantitative estimate of drug-likeness (QED) is 0.847. The average molecular weight is 311 g/mol. The van der Waals surface area contributed by atoms with Gasteiger partial charge in [-0.25, -0.2) is 9.97 Å². The van der Waals surface area contributed by atoms with Crippen molar-refractivity contribution in [3.63, 3.8) is 0 Å². The predicted molar refractivity (Wildman–Crippen MR) is 82.9 cm³/mol. The molecule has 106 valence electrons. The molecule has 1 amide bonds. The summed E-state index contributed by atoms with van der Waals surface area (Å²) in [6, 6.07) is 3.16. The average Bonchev–Trinajstić information content (AvgIpc) is 2.86. The van der Waals surface area contributed by atoms with E-state index in [9.17, 15) is 4.79 Å². The highest BCUT2D eigenvalue weighted by atomic mass is 35.5. The number of carbonyl (C=O) groups is 1. The third-order valence-corrected chi connectivity index (χ3v) is 3.62. The first kappa shape index (κ1) is 14.7. The van der Waals surface area contributed by atoms with Crippen molar-refractivity contribution in [1.82, 2.24) is 9.97 Å². The van der Waals surface area contributed by atoms with Gasteiger partial charge in [-0.05, 0) is 18.1 Å². The van der Waals surface area contributed by atoms with Gasteiger partial charge in [-0.3, -0.25) is 10.1 Å². The molecule has 0 aromatic carbocycles. The van der Waals surface area contributed by atoms with E-state index in [0.29, 0.717) is 22.4 Å². The summed E-state index contributed by atoms with van der Waals surface area (Å²) in [7, 11) is 1.72. The summed E-state index contributed by atoms with van der Waals surface area (Å²) in [6.45, 7) is 4.12. The molecular formula is C13H15ClN4OS. The third kappa shape index (κ3) is 3.46. The minimum atomic E-state index is -0.254. The van der Waals surface area contributed by atoms with Crippen molar-refractivity contribution in [2.75, 3.05) is 17.7 Å². The van der Waals surface area contributed by atoms with E-state index in [-0.39, 0.29) is 11.1 Å². The van der Waals surface area contributed by atoms with Crippen LogP contribution in [0.4, 0.5) is 10.9 Å². The molecule has 20 heavy (non-hydrogen) atoms. The Morgan fingerprint density at radius 3 is 2.70 bits per heavy atom. The van der Waals surface area contributed by atoms with Crippen LogP contribution in [-0.4, -0.2) is 22.9 Å². The number of pyridine rings is 1. The Bertz CT molecular complexity index is 627. The highest BCUT2D eigenvalue weighted by Gasteiger charge is 2.12. The Labute approximate surface area is 126 Å². The number of hydrogen-bond acceptors (Lipinski definition) is 5. The standard InChI is InChI=1S/C13H15ClN4OS/c1-7(2)9-6-20-13(16-9)18-12(19)8-4-10(14)17-11(5-8)15-3/h4-7H,1-3H3,(H,15,17)(H,16,18,19). The fraction of sp³-hybridized carbons (Fsp3) is 0.308. The van der Waals surface area contributed by atoms with Crippen LogP contribution in [0, 0.1) is 0 Å². The summed E-state index contributed by atoms with van der Waals surface area (Å²) in [6.07, 6.45) is 0. The number of carbonyl (C=O) groups excluding carboxylic acids is 1. The molecule has 0 aliphatic carbocycles. The molecule has 5 nitrogen and oxygen atoms in total. The van der Waals surface area contributed by atoms with Crippen molar-refractivity contribution in [3.05, 3.63) is 33.9 Å². The van der Waals surface area contributed by atoms with E-state index in [1.807, 2.05) is 5.38 Å². The highest BCUT2D eigenvalue weighted by Crippen LogP contribution is 2.22. The maximum atomic E-state index is 12.2. The SMILES string of the molecule is CNc1cc(C(=O)Nc2nc(C(C)C)cs2)cc(Cl)n1. The second-order valence-electron chi connectivity index (χ2n) is 4.50. The number of anilines is 2. The third-order valence-electron chi connectivity index (χ3n) is 2.65. The number of nitrogens with one attached hydrogen (secondary N) is 2. The number of rotatable bonds is 4. The van der Waals surface area contributed by atoms with Crippen LogP contribution in [0.2, 0.25) is 5.15 Å². The fourth-order valence-corrected chi connectivity index (χ4v) is 2.61. The zero-order valence-electron chi connectivity index (χ0n) is 11.4. The van der Waals surface area contributed by atoms with Crippen LogP contribution in [0.5, 0.6) is 0 Å². The van der Waals surface area contributed by atoms with E-state index < -0.39 is 0 Å². The zero-order valence-corrected chi connectivity index (χ0v) is 13.0. The van der Waals surface area contributed by atoms with Gasteiger partial charge in [-0.1, -0.05) is 25.4 Å². The number of hydrogen-bond donors (Lipinski definition) is 2. The highest BCUT2D eigenvalue weighted by molar-refractivity contribution is 7.14. The second kappa shape index (κ2) is 6.19. The van der Waals surface area contributed by atoms with Crippen molar-refractivity contribution in [3.8, 4) is 0 Å². The molecular weight excluding hydrogens is 296 g/mol. The topological polar surface area (TPSA) is 66.9 Å². The Balaban J connectivity index is 2.16. The molecule has 2 aromatic heterocycles. The van der Waals surface area contributed by atoms with Crippen molar-refractivity contribution >= 4 is 39.8 Å². The van der Waals surface area contributed by atoms with Crippen LogP contribution in [-0.2, 0) is 0 Å². The van der Waals surface area contributed by atoms with Crippen LogP contribution in [0.1, 0.15) is 35.8 Å². The van der Waals surface area contributed by atoms with Gasteiger partial charge >= 0.3 is 0 Å². The van der Waals surface area contributed by atoms with Crippen molar-refractivity contribution in [2.45, 2.75) is 19.8 Å². The van der Waals surface area contributed by atoms with Crippen molar-refractivity contribution < 1.29 is 4.79 Å². The normalized spacial score (nSPS) is 10.7. The molecule has 0 spiro atoms. The van der Waals surface area contributed by atoms with E-state index in [1.54, 1.807) is 13.1 Å². The number of halogens is 1. The van der Waals surface area contributed by atoms with Gasteiger partial charge in [-0.2, -0.15) is 0 Å². The van der Waals surface area contributed by atoms with E-state index >= 15 is 0 Å². The minimum absolute atomic E-state index is 0.254. The van der Waals surface area contributed by atoms with Crippen LogP contribution in [0.3, 0.4) is 0 Å². The lowest BCUT2D eigenvalue weighted by Crippen LogP contribution is -2.12. The van der Waals surface area contributed by atoms with Gasteiger partial charge < -0.3 is 5.32 Å². The molecule has 0 aliphatic rings. The second-order valence-corrected chi connectivity index (χ2v) is 5.75. The van der Waals surface area contributed by atoms with Gasteiger partial charge in [-0.15, -0.1) is 11.3 Å². The van der Waals surface area contributed by atoms with E-state index in [4.69, 9.17) is 11.6 Å². The largest absolute Gasteiger partial charge is 0.373 e. The molecule has 2 aromatic rings. The molecule has 7 heteroatoms. The van der Waals surface area contributed by atoms with Crippen LogP contribution >= 0.6 is 22.9 Å². The van der Waals surface area contributed by atoms with Crippen LogP contribution in [0.25, 0.3) is 0 Å². The Hall–Kier alpha value is -1.66. The number of thiazole rings is 1. The molecule has 0 atom stereocenters. The molecule has 2 rings (SSSR count). The monoisotopic (exact) mass is 310 g/mol. The molecule has 2 heterocycles. The van der Waals surface area contributed by atoms with Gasteiger partial charge in [0, 0.05) is 18.0 Å². The Morgan fingerprint density at radius 2 is 2.10 bits per heavy atom. The zero-order chi connectivity index (χ0) is 14.7. The summed E-state index contributed by atoms with van der Waals surface area (Å²) < 4.78 is 0. The summed E-state index contributed by atoms with van der Waals surface area (Å²) in [4.78, 5) is 20.5. The summed E-state index contributed by atoms with van der Waals surface area (Å²) in [5, 5.41) is 8.42. The summed E-state index contributed by atoms with van der Waals surface area (Å²) >= 11 is 7.29. The molecule has 0 unspecified atom stereocenters. The van der Waals surface area contributed by atoms with Crippen LogP contribution < -0.4 is 10.6 Å². The molecule has 0 saturated heterocycles.